The van der Waals surface area contributed by atoms with Gasteiger partial charge in [-0.2, -0.15) is 0 Å². The van der Waals surface area contributed by atoms with E-state index in [0.29, 0.717) is 17.9 Å². The Hall–Kier alpha value is -2.51. The number of halogens is 1. The first-order valence-electron chi connectivity index (χ1n) is 7.23. The third kappa shape index (κ3) is 4.02. The van der Waals surface area contributed by atoms with Gasteiger partial charge in [0.2, 0.25) is 0 Å². The molecule has 1 atom stereocenters. The molecule has 0 fully saturated rings. The van der Waals surface area contributed by atoms with Crippen molar-refractivity contribution in [3.8, 4) is 11.4 Å². The number of carbonyl (C=O) groups is 1. The average molecular weight is 321 g/mol. The molecule has 0 bridgehead atoms. The van der Waals surface area contributed by atoms with Crippen LogP contribution in [0.25, 0.3) is 11.4 Å². The minimum absolute atomic E-state index is 0.289. The molecular formula is C15H20FN5O2. The summed E-state index contributed by atoms with van der Waals surface area (Å²) in [6, 6.07) is 2.53. The summed E-state index contributed by atoms with van der Waals surface area (Å²) in [6.45, 7) is 7.70. The van der Waals surface area contributed by atoms with Crippen molar-refractivity contribution in [2.45, 2.75) is 45.8 Å². The molecule has 7 nitrogen and oxygen atoms in total. The van der Waals surface area contributed by atoms with Crippen molar-refractivity contribution in [2.75, 3.05) is 0 Å². The van der Waals surface area contributed by atoms with Crippen molar-refractivity contribution in [1.82, 2.24) is 24.9 Å². The topological polar surface area (TPSA) is 84.1 Å². The fourth-order valence-electron chi connectivity index (χ4n) is 2.52. The molecule has 2 rings (SSSR count). The first kappa shape index (κ1) is 16.9. The molecule has 0 radical (unpaired) electrons. The Morgan fingerprint density at radius 3 is 2.61 bits per heavy atom. The van der Waals surface area contributed by atoms with E-state index in [2.05, 4.69) is 15.3 Å². The Morgan fingerprint density at radius 1 is 1.39 bits per heavy atom. The zero-order valence-electron chi connectivity index (χ0n) is 13.6. The van der Waals surface area contributed by atoms with E-state index in [1.54, 1.807) is 10.9 Å². The Kier molecular flexibility index (Phi) is 4.63. The van der Waals surface area contributed by atoms with Gasteiger partial charge in [-0.1, -0.05) is 5.21 Å². The summed E-state index contributed by atoms with van der Waals surface area (Å²) in [5.41, 5.74) is 0.499. The molecule has 0 aliphatic carbocycles. The maximum Gasteiger partial charge on any atom is 0.408 e. The highest BCUT2D eigenvalue weighted by molar-refractivity contribution is 5.66. The monoisotopic (exact) mass is 321 g/mol. The van der Waals surface area contributed by atoms with Crippen LogP contribution in [-0.4, -0.2) is 47.7 Å². The van der Waals surface area contributed by atoms with Gasteiger partial charge in [0.15, 0.2) is 0 Å². The first-order valence-corrected chi connectivity index (χ1v) is 7.23. The van der Waals surface area contributed by atoms with Crippen LogP contribution in [-0.2, 0) is 6.54 Å². The van der Waals surface area contributed by atoms with Crippen molar-refractivity contribution in [3.63, 3.8) is 0 Å². The molecule has 0 aliphatic heterocycles. The molecule has 0 aliphatic rings. The smallest absolute Gasteiger partial charge is 0.408 e. The highest BCUT2D eigenvalue weighted by Crippen LogP contribution is 2.19. The van der Waals surface area contributed by atoms with Gasteiger partial charge in [-0.05, 0) is 39.8 Å². The van der Waals surface area contributed by atoms with Crippen LogP contribution >= 0.6 is 0 Å². The van der Waals surface area contributed by atoms with E-state index in [1.807, 2.05) is 27.7 Å². The summed E-state index contributed by atoms with van der Waals surface area (Å²) >= 11 is 0. The summed E-state index contributed by atoms with van der Waals surface area (Å²) < 4.78 is 14.5. The molecule has 2 aromatic heterocycles. The summed E-state index contributed by atoms with van der Waals surface area (Å²) in [4.78, 5) is 16.8. The highest BCUT2D eigenvalue weighted by atomic mass is 19.1. The fraction of sp³-hybridized carbons (Fsp3) is 0.467. The lowest BCUT2D eigenvalue weighted by Crippen LogP contribution is -2.51. The van der Waals surface area contributed by atoms with Gasteiger partial charge in [-0.15, -0.1) is 5.10 Å². The number of hydrogen-bond donors (Lipinski definition) is 1. The largest absolute Gasteiger partial charge is 0.465 e. The van der Waals surface area contributed by atoms with E-state index >= 15 is 0 Å². The lowest BCUT2D eigenvalue weighted by Gasteiger charge is -2.37. The number of hydrogen-bond acceptors (Lipinski definition) is 4. The molecule has 8 heteroatoms. The van der Waals surface area contributed by atoms with E-state index in [-0.39, 0.29) is 6.04 Å². The Morgan fingerprint density at radius 2 is 2.09 bits per heavy atom. The van der Waals surface area contributed by atoms with Gasteiger partial charge >= 0.3 is 6.09 Å². The van der Waals surface area contributed by atoms with Crippen LogP contribution in [0.3, 0.4) is 0 Å². The third-order valence-electron chi connectivity index (χ3n) is 3.35. The van der Waals surface area contributed by atoms with Crippen molar-refractivity contribution >= 4 is 6.09 Å². The van der Waals surface area contributed by atoms with Crippen LogP contribution in [0.15, 0.2) is 24.5 Å². The molecule has 0 saturated carbocycles. The van der Waals surface area contributed by atoms with Gasteiger partial charge in [0.25, 0.3) is 0 Å². The van der Waals surface area contributed by atoms with E-state index in [0.717, 1.165) is 6.20 Å². The second kappa shape index (κ2) is 6.31. The molecule has 0 unspecified atom stereocenters. The van der Waals surface area contributed by atoms with Crippen LogP contribution in [0.5, 0.6) is 0 Å². The van der Waals surface area contributed by atoms with Crippen molar-refractivity contribution < 1.29 is 14.3 Å². The molecule has 2 heterocycles. The van der Waals surface area contributed by atoms with E-state index in [1.165, 1.54) is 17.0 Å². The molecule has 124 valence electrons. The quantitative estimate of drug-likeness (QED) is 0.936. The van der Waals surface area contributed by atoms with Gasteiger partial charge in [0, 0.05) is 5.54 Å². The number of amides is 1. The maximum atomic E-state index is 12.9. The number of pyridine rings is 1. The maximum absolute atomic E-state index is 12.9. The van der Waals surface area contributed by atoms with Crippen LogP contribution in [0.1, 0.15) is 27.7 Å². The Labute approximate surface area is 133 Å². The SMILES string of the molecule is C[C@@H](Cn1cc(-c2ccc(F)cn2)nn1)N(C(=O)O)C(C)(C)C. The van der Waals surface area contributed by atoms with Crippen LogP contribution < -0.4 is 0 Å². The lowest BCUT2D eigenvalue weighted by atomic mass is 10.0. The minimum Gasteiger partial charge on any atom is -0.465 e. The average Bonchev–Trinajstić information content (AvgIpc) is 2.85. The third-order valence-corrected chi connectivity index (χ3v) is 3.35. The normalized spacial score (nSPS) is 12.9. The zero-order chi connectivity index (χ0) is 17.2. The molecule has 2 aromatic rings. The standard InChI is InChI=1S/C15H20FN5O2/c1-10(21(14(22)23)15(2,3)4)8-20-9-13(18-19-20)12-6-5-11(16)7-17-12/h5-7,9-10H,8H2,1-4H3,(H,22,23)/t10-/m0/s1. The summed E-state index contributed by atoms with van der Waals surface area (Å²) in [5, 5.41) is 17.4. The van der Waals surface area contributed by atoms with Crippen LogP contribution in [0.2, 0.25) is 0 Å². The molecular weight excluding hydrogens is 301 g/mol. The highest BCUT2D eigenvalue weighted by Gasteiger charge is 2.31. The second-order valence-electron chi connectivity index (χ2n) is 6.36. The fourth-order valence-corrected chi connectivity index (χ4v) is 2.52. The van der Waals surface area contributed by atoms with Crippen molar-refractivity contribution in [1.29, 1.82) is 0 Å². The van der Waals surface area contributed by atoms with Gasteiger partial charge < -0.3 is 5.11 Å². The van der Waals surface area contributed by atoms with Gasteiger partial charge in [0.05, 0.1) is 30.7 Å². The predicted molar refractivity (Wildman–Crippen MR) is 82.3 cm³/mol. The number of nitrogens with zero attached hydrogens (tertiary/aromatic N) is 5. The van der Waals surface area contributed by atoms with E-state index < -0.39 is 17.4 Å². The van der Waals surface area contributed by atoms with Gasteiger partial charge in [0.1, 0.15) is 11.5 Å². The van der Waals surface area contributed by atoms with Crippen LogP contribution in [0, 0.1) is 5.82 Å². The molecule has 0 saturated heterocycles. The van der Waals surface area contributed by atoms with E-state index in [4.69, 9.17) is 0 Å². The summed E-state index contributed by atoms with van der Waals surface area (Å²) in [5.74, 6) is -0.419. The minimum atomic E-state index is -0.981. The Balaban J connectivity index is 2.15. The first-order chi connectivity index (χ1) is 10.7. The molecule has 1 amide bonds. The van der Waals surface area contributed by atoms with Crippen LogP contribution in [0.4, 0.5) is 9.18 Å². The second-order valence-corrected chi connectivity index (χ2v) is 6.36. The molecule has 0 aromatic carbocycles. The van der Waals surface area contributed by atoms with Gasteiger partial charge in [-0.25, -0.2) is 13.9 Å². The van der Waals surface area contributed by atoms with Gasteiger partial charge in [-0.3, -0.25) is 9.88 Å². The zero-order valence-corrected chi connectivity index (χ0v) is 13.6. The van der Waals surface area contributed by atoms with Crippen molar-refractivity contribution in [3.05, 3.63) is 30.3 Å². The summed E-state index contributed by atoms with van der Waals surface area (Å²) in [7, 11) is 0. The molecule has 23 heavy (non-hydrogen) atoms. The number of carboxylic acid groups (broad SMARTS) is 1. The summed E-state index contributed by atoms with van der Waals surface area (Å²) in [6.07, 6.45) is 1.80. The lowest BCUT2D eigenvalue weighted by molar-refractivity contribution is 0.0688. The van der Waals surface area contributed by atoms with Crippen molar-refractivity contribution in [2.24, 2.45) is 0 Å². The van der Waals surface area contributed by atoms with E-state index in [9.17, 15) is 14.3 Å². The number of rotatable bonds is 4. The molecule has 1 N–H and O–H groups in total. The predicted octanol–water partition coefficient (Wildman–Crippen LogP) is 2.65. The number of aromatic nitrogens is 4. The Bertz CT molecular complexity index is 678. The molecule has 0 spiro atoms.